The quantitative estimate of drug-likeness (QED) is 0.871. The van der Waals surface area contributed by atoms with Gasteiger partial charge in [0.05, 0.1) is 7.11 Å². The van der Waals surface area contributed by atoms with Gasteiger partial charge in [-0.3, -0.25) is 0 Å². The minimum atomic E-state index is 0.599. The Balaban J connectivity index is 1.90. The summed E-state index contributed by atoms with van der Waals surface area (Å²) < 4.78 is 5.47. The SMILES string of the molecule is COc1ccc(Cl)cc1C1CC2CCC(C1)N2. The van der Waals surface area contributed by atoms with Crippen LogP contribution in [0.1, 0.15) is 37.2 Å². The van der Waals surface area contributed by atoms with Gasteiger partial charge in [-0.25, -0.2) is 0 Å². The number of ether oxygens (including phenoxy) is 1. The summed E-state index contributed by atoms with van der Waals surface area (Å²) in [5.74, 6) is 1.59. The van der Waals surface area contributed by atoms with Gasteiger partial charge in [-0.2, -0.15) is 0 Å². The zero-order valence-corrected chi connectivity index (χ0v) is 10.8. The normalized spacial score (nSPS) is 31.5. The molecule has 2 nitrogen and oxygen atoms in total. The van der Waals surface area contributed by atoms with E-state index in [-0.39, 0.29) is 0 Å². The summed E-state index contributed by atoms with van der Waals surface area (Å²) in [5, 5.41) is 4.48. The molecule has 1 aromatic rings. The van der Waals surface area contributed by atoms with Crippen molar-refractivity contribution in [1.29, 1.82) is 0 Å². The van der Waals surface area contributed by atoms with Gasteiger partial charge in [-0.1, -0.05) is 11.6 Å². The van der Waals surface area contributed by atoms with Crippen LogP contribution in [0.2, 0.25) is 5.02 Å². The van der Waals surface area contributed by atoms with E-state index >= 15 is 0 Å². The molecular weight excluding hydrogens is 234 g/mol. The van der Waals surface area contributed by atoms with Crippen molar-refractivity contribution < 1.29 is 4.74 Å². The molecule has 1 N–H and O–H groups in total. The Kier molecular flexibility index (Phi) is 3.01. The Morgan fingerprint density at radius 3 is 2.59 bits per heavy atom. The monoisotopic (exact) mass is 251 g/mol. The first kappa shape index (κ1) is 11.4. The lowest BCUT2D eigenvalue weighted by atomic mass is 9.86. The molecule has 2 heterocycles. The molecule has 2 unspecified atom stereocenters. The number of methoxy groups -OCH3 is 1. The minimum Gasteiger partial charge on any atom is -0.496 e. The predicted molar refractivity (Wildman–Crippen MR) is 69.9 cm³/mol. The Bertz CT molecular complexity index is 409. The van der Waals surface area contributed by atoms with Crippen LogP contribution in [0.15, 0.2) is 18.2 Å². The van der Waals surface area contributed by atoms with Crippen LogP contribution < -0.4 is 10.1 Å². The fourth-order valence-electron chi connectivity index (χ4n) is 3.34. The third kappa shape index (κ3) is 2.16. The van der Waals surface area contributed by atoms with E-state index in [1.54, 1.807) is 7.11 Å². The first-order valence-corrected chi connectivity index (χ1v) is 6.73. The van der Waals surface area contributed by atoms with Gasteiger partial charge >= 0.3 is 0 Å². The molecular formula is C14H18ClNO. The fraction of sp³-hybridized carbons (Fsp3) is 0.571. The van der Waals surface area contributed by atoms with Crippen LogP contribution in [0.5, 0.6) is 5.75 Å². The number of halogens is 1. The second-order valence-corrected chi connectivity index (χ2v) is 5.63. The lowest BCUT2D eigenvalue weighted by molar-refractivity contribution is 0.348. The van der Waals surface area contributed by atoms with E-state index in [1.165, 1.54) is 31.2 Å². The summed E-state index contributed by atoms with van der Waals surface area (Å²) >= 11 is 6.11. The van der Waals surface area contributed by atoms with E-state index in [0.29, 0.717) is 18.0 Å². The second-order valence-electron chi connectivity index (χ2n) is 5.19. The van der Waals surface area contributed by atoms with Crippen molar-refractivity contribution in [1.82, 2.24) is 5.32 Å². The number of hydrogen-bond acceptors (Lipinski definition) is 2. The first-order chi connectivity index (χ1) is 8.26. The third-order valence-electron chi connectivity index (χ3n) is 4.10. The van der Waals surface area contributed by atoms with E-state index in [9.17, 15) is 0 Å². The van der Waals surface area contributed by atoms with Crippen molar-refractivity contribution >= 4 is 11.6 Å². The smallest absolute Gasteiger partial charge is 0.122 e. The predicted octanol–water partition coefficient (Wildman–Crippen LogP) is 3.35. The van der Waals surface area contributed by atoms with Crippen molar-refractivity contribution in [3.8, 4) is 5.75 Å². The van der Waals surface area contributed by atoms with Crippen molar-refractivity contribution in [2.24, 2.45) is 0 Å². The summed E-state index contributed by atoms with van der Waals surface area (Å²) in [4.78, 5) is 0. The van der Waals surface area contributed by atoms with Gasteiger partial charge in [0.2, 0.25) is 0 Å². The van der Waals surface area contributed by atoms with Gasteiger partial charge in [0, 0.05) is 17.1 Å². The molecule has 2 atom stereocenters. The second kappa shape index (κ2) is 4.51. The van der Waals surface area contributed by atoms with Gasteiger partial charge < -0.3 is 10.1 Å². The van der Waals surface area contributed by atoms with E-state index in [2.05, 4.69) is 11.4 Å². The van der Waals surface area contributed by atoms with E-state index < -0.39 is 0 Å². The molecule has 0 amide bonds. The Labute approximate surface area is 107 Å². The number of benzene rings is 1. The number of hydrogen-bond donors (Lipinski definition) is 1. The van der Waals surface area contributed by atoms with E-state index in [1.807, 2.05) is 12.1 Å². The number of nitrogens with one attached hydrogen (secondary N) is 1. The highest BCUT2D eigenvalue weighted by Gasteiger charge is 2.35. The zero-order chi connectivity index (χ0) is 11.8. The van der Waals surface area contributed by atoms with Crippen LogP contribution >= 0.6 is 11.6 Å². The summed E-state index contributed by atoms with van der Waals surface area (Å²) in [7, 11) is 1.74. The minimum absolute atomic E-state index is 0.599. The number of piperidine rings is 1. The summed E-state index contributed by atoms with van der Waals surface area (Å²) in [6.07, 6.45) is 5.08. The third-order valence-corrected chi connectivity index (χ3v) is 4.34. The molecule has 3 rings (SSSR count). The highest BCUT2D eigenvalue weighted by molar-refractivity contribution is 6.30. The molecule has 2 bridgehead atoms. The molecule has 0 spiro atoms. The lowest BCUT2D eigenvalue weighted by Gasteiger charge is -2.30. The lowest BCUT2D eigenvalue weighted by Crippen LogP contribution is -2.37. The van der Waals surface area contributed by atoms with Gasteiger partial charge in [-0.05, 0) is 55.4 Å². The molecule has 0 aliphatic carbocycles. The summed E-state index contributed by atoms with van der Waals surface area (Å²) in [5.41, 5.74) is 1.29. The van der Waals surface area contributed by atoms with Gasteiger partial charge in [0.25, 0.3) is 0 Å². The topological polar surface area (TPSA) is 21.3 Å². The standard InChI is InChI=1S/C14H18ClNO/c1-17-14-5-2-10(15)8-13(14)9-6-11-3-4-12(7-9)16-11/h2,5,8-9,11-12,16H,3-4,6-7H2,1H3. The van der Waals surface area contributed by atoms with E-state index in [4.69, 9.17) is 16.3 Å². The maximum absolute atomic E-state index is 6.11. The maximum Gasteiger partial charge on any atom is 0.122 e. The largest absolute Gasteiger partial charge is 0.496 e. The molecule has 2 saturated heterocycles. The van der Waals surface area contributed by atoms with E-state index in [0.717, 1.165) is 10.8 Å². The van der Waals surface area contributed by atoms with Crippen molar-refractivity contribution in [3.05, 3.63) is 28.8 Å². The molecule has 2 aliphatic heterocycles. The number of rotatable bonds is 2. The van der Waals surface area contributed by atoms with Crippen molar-refractivity contribution in [3.63, 3.8) is 0 Å². The van der Waals surface area contributed by atoms with Crippen LogP contribution in [0, 0.1) is 0 Å². The van der Waals surface area contributed by atoms with Crippen LogP contribution in [-0.4, -0.2) is 19.2 Å². The maximum atomic E-state index is 6.11. The van der Waals surface area contributed by atoms with Crippen molar-refractivity contribution in [2.45, 2.75) is 43.7 Å². The molecule has 92 valence electrons. The van der Waals surface area contributed by atoms with Gasteiger partial charge in [0.15, 0.2) is 0 Å². The highest BCUT2D eigenvalue weighted by Crippen LogP contribution is 2.41. The molecule has 0 aromatic heterocycles. The molecule has 2 fully saturated rings. The van der Waals surface area contributed by atoms with Crippen LogP contribution in [0.3, 0.4) is 0 Å². The molecule has 3 heteroatoms. The highest BCUT2D eigenvalue weighted by atomic mass is 35.5. The Morgan fingerprint density at radius 2 is 1.94 bits per heavy atom. The Hall–Kier alpha value is -0.730. The van der Waals surface area contributed by atoms with Crippen LogP contribution in [-0.2, 0) is 0 Å². The van der Waals surface area contributed by atoms with Gasteiger partial charge in [-0.15, -0.1) is 0 Å². The fourth-order valence-corrected chi connectivity index (χ4v) is 3.52. The van der Waals surface area contributed by atoms with Crippen molar-refractivity contribution in [2.75, 3.05) is 7.11 Å². The Morgan fingerprint density at radius 1 is 1.24 bits per heavy atom. The average Bonchev–Trinajstić information content (AvgIpc) is 2.68. The van der Waals surface area contributed by atoms with Crippen LogP contribution in [0.25, 0.3) is 0 Å². The van der Waals surface area contributed by atoms with Crippen LogP contribution in [0.4, 0.5) is 0 Å². The summed E-state index contributed by atoms with van der Waals surface area (Å²) in [6, 6.07) is 7.36. The molecule has 2 aliphatic rings. The molecule has 0 radical (unpaired) electrons. The average molecular weight is 252 g/mol. The molecule has 1 aromatic carbocycles. The summed E-state index contributed by atoms with van der Waals surface area (Å²) in [6.45, 7) is 0. The zero-order valence-electron chi connectivity index (χ0n) is 10.1. The molecule has 0 saturated carbocycles. The van der Waals surface area contributed by atoms with Gasteiger partial charge in [0.1, 0.15) is 5.75 Å². The number of fused-ring (bicyclic) bond motifs is 2. The molecule has 17 heavy (non-hydrogen) atoms. The first-order valence-electron chi connectivity index (χ1n) is 6.35.